The van der Waals surface area contributed by atoms with Crippen LogP contribution in [0.4, 0.5) is 0 Å². The highest BCUT2D eigenvalue weighted by atomic mass is 16.1. The average molecular weight is 360 g/mol. The monoisotopic (exact) mass is 360 g/mol. The van der Waals surface area contributed by atoms with Gasteiger partial charge >= 0.3 is 0 Å². The van der Waals surface area contributed by atoms with Crippen LogP contribution in [0.15, 0.2) is 66.9 Å². The van der Waals surface area contributed by atoms with Gasteiger partial charge in [0, 0.05) is 25.2 Å². The van der Waals surface area contributed by atoms with Gasteiger partial charge in [-0.2, -0.15) is 5.10 Å². The number of carbonyl (C=O) groups is 1. The SMILES string of the molecule is NC(=O)c1cn(-c2ccccc2)nc1C1CCCN(Cc2ccccc2)C1. The minimum atomic E-state index is -0.410. The van der Waals surface area contributed by atoms with Gasteiger partial charge in [0.05, 0.1) is 16.9 Å². The van der Waals surface area contributed by atoms with E-state index in [1.807, 2.05) is 36.4 Å². The summed E-state index contributed by atoms with van der Waals surface area (Å²) >= 11 is 0. The molecule has 1 aliphatic heterocycles. The quantitative estimate of drug-likeness (QED) is 0.759. The van der Waals surface area contributed by atoms with Crippen LogP contribution in [-0.2, 0) is 6.54 Å². The van der Waals surface area contributed by atoms with E-state index < -0.39 is 5.91 Å². The van der Waals surface area contributed by atoms with Gasteiger partial charge in [0.2, 0.25) is 0 Å². The van der Waals surface area contributed by atoms with E-state index in [1.54, 1.807) is 10.9 Å². The number of rotatable bonds is 5. The first-order valence-corrected chi connectivity index (χ1v) is 9.42. The van der Waals surface area contributed by atoms with Gasteiger partial charge in [-0.05, 0) is 37.1 Å². The first kappa shape index (κ1) is 17.5. The fourth-order valence-corrected chi connectivity index (χ4v) is 3.86. The van der Waals surface area contributed by atoms with Crippen molar-refractivity contribution in [2.45, 2.75) is 25.3 Å². The lowest BCUT2D eigenvalue weighted by Crippen LogP contribution is -2.34. The Balaban J connectivity index is 1.58. The Morgan fingerprint density at radius 2 is 1.78 bits per heavy atom. The summed E-state index contributed by atoms with van der Waals surface area (Å²) in [6.45, 7) is 2.88. The molecule has 5 heteroatoms. The third-order valence-electron chi connectivity index (χ3n) is 5.17. The molecule has 1 unspecified atom stereocenters. The van der Waals surface area contributed by atoms with Crippen molar-refractivity contribution in [1.29, 1.82) is 0 Å². The summed E-state index contributed by atoms with van der Waals surface area (Å²) in [5, 5.41) is 4.76. The van der Waals surface area contributed by atoms with E-state index in [1.165, 1.54) is 5.56 Å². The fourth-order valence-electron chi connectivity index (χ4n) is 3.86. The maximum Gasteiger partial charge on any atom is 0.252 e. The predicted octanol–water partition coefficient (Wildman–Crippen LogP) is 3.35. The molecular weight excluding hydrogens is 336 g/mol. The summed E-state index contributed by atoms with van der Waals surface area (Å²) in [6, 6.07) is 20.3. The number of hydrogen-bond donors (Lipinski definition) is 1. The largest absolute Gasteiger partial charge is 0.365 e. The molecule has 0 saturated carbocycles. The molecule has 0 radical (unpaired) electrons. The van der Waals surface area contributed by atoms with Crippen molar-refractivity contribution in [3.63, 3.8) is 0 Å². The molecule has 4 rings (SSSR count). The highest BCUT2D eigenvalue weighted by Gasteiger charge is 2.27. The maximum absolute atomic E-state index is 12.0. The van der Waals surface area contributed by atoms with Gasteiger partial charge in [-0.25, -0.2) is 4.68 Å². The summed E-state index contributed by atoms with van der Waals surface area (Å²) in [7, 11) is 0. The zero-order chi connectivity index (χ0) is 18.6. The lowest BCUT2D eigenvalue weighted by atomic mass is 9.92. The summed E-state index contributed by atoms with van der Waals surface area (Å²) in [4.78, 5) is 14.5. The number of likely N-dealkylation sites (tertiary alicyclic amines) is 1. The Bertz CT molecular complexity index is 905. The number of carbonyl (C=O) groups excluding carboxylic acids is 1. The minimum absolute atomic E-state index is 0.218. The number of amides is 1. The van der Waals surface area contributed by atoms with Crippen LogP contribution in [0.3, 0.4) is 0 Å². The van der Waals surface area contributed by atoms with Crippen molar-refractivity contribution in [1.82, 2.24) is 14.7 Å². The molecule has 3 aromatic rings. The van der Waals surface area contributed by atoms with E-state index in [0.717, 1.165) is 43.9 Å². The topological polar surface area (TPSA) is 64.2 Å². The fraction of sp³-hybridized carbons (Fsp3) is 0.273. The Morgan fingerprint density at radius 3 is 2.48 bits per heavy atom. The summed E-state index contributed by atoms with van der Waals surface area (Å²) in [5.74, 6) is -0.192. The second-order valence-electron chi connectivity index (χ2n) is 7.13. The second kappa shape index (κ2) is 7.76. The Kier molecular flexibility index (Phi) is 5.03. The molecule has 1 saturated heterocycles. The van der Waals surface area contributed by atoms with Crippen LogP contribution in [0, 0.1) is 0 Å². The molecule has 2 aromatic carbocycles. The predicted molar refractivity (Wildman–Crippen MR) is 106 cm³/mol. The van der Waals surface area contributed by atoms with Crippen molar-refractivity contribution >= 4 is 5.91 Å². The van der Waals surface area contributed by atoms with Crippen molar-refractivity contribution in [2.75, 3.05) is 13.1 Å². The molecule has 1 amide bonds. The number of primary amides is 1. The average Bonchev–Trinajstić information content (AvgIpc) is 3.16. The van der Waals surface area contributed by atoms with E-state index in [4.69, 9.17) is 10.8 Å². The van der Waals surface area contributed by atoms with E-state index in [0.29, 0.717) is 5.56 Å². The molecule has 1 aromatic heterocycles. The highest BCUT2D eigenvalue weighted by Crippen LogP contribution is 2.29. The van der Waals surface area contributed by atoms with Crippen molar-refractivity contribution in [3.05, 3.63) is 83.7 Å². The van der Waals surface area contributed by atoms with Gasteiger partial charge in [0.15, 0.2) is 0 Å². The van der Waals surface area contributed by atoms with E-state index in [9.17, 15) is 4.79 Å². The standard InChI is InChI=1S/C22H24N4O/c23-22(27)20-16-26(19-11-5-2-6-12-19)24-21(20)18-10-7-13-25(15-18)14-17-8-3-1-4-9-17/h1-6,8-9,11-12,16,18H,7,10,13-15H2,(H2,23,27). The number of hydrogen-bond acceptors (Lipinski definition) is 3. The molecule has 2 heterocycles. The third kappa shape index (κ3) is 3.93. The van der Waals surface area contributed by atoms with Gasteiger partial charge < -0.3 is 5.73 Å². The number of para-hydroxylation sites is 1. The van der Waals surface area contributed by atoms with Gasteiger partial charge in [-0.1, -0.05) is 48.5 Å². The lowest BCUT2D eigenvalue weighted by molar-refractivity contribution is 0.0997. The zero-order valence-electron chi connectivity index (χ0n) is 15.3. The molecule has 0 aliphatic carbocycles. The van der Waals surface area contributed by atoms with Crippen molar-refractivity contribution < 1.29 is 4.79 Å². The molecular formula is C22H24N4O. The minimum Gasteiger partial charge on any atom is -0.365 e. The molecule has 5 nitrogen and oxygen atoms in total. The van der Waals surface area contributed by atoms with Crippen LogP contribution in [0.2, 0.25) is 0 Å². The van der Waals surface area contributed by atoms with Gasteiger partial charge in [0.25, 0.3) is 5.91 Å². The van der Waals surface area contributed by atoms with Crippen LogP contribution >= 0.6 is 0 Å². The Labute approximate surface area is 159 Å². The molecule has 27 heavy (non-hydrogen) atoms. The Hall–Kier alpha value is -2.92. The summed E-state index contributed by atoms with van der Waals surface area (Å²) in [5.41, 5.74) is 9.26. The highest BCUT2D eigenvalue weighted by molar-refractivity contribution is 5.94. The van der Waals surface area contributed by atoms with E-state index >= 15 is 0 Å². The smallest absolute Gasteiger partial charge is 0.252 e. The van der Waals surface area contributed by atoms with Gasteiger partial charge in [0.1, 0.15) is 0 Å². The molecule has 1 atom stereocenters. The van der Waals surface area contributed by atoms with E-state index in [-0.39, 0.29) is 5.92 Å². The Morgan fingerprint density at radius 1 is 1.07 bits per heavy atom. The van der Waals surface area contributed by atoms with Gasteiger partial charge in [-0.15, -0.1) is 0 Å². The van der Waals surface area contributed by atoms with E-state index in [2.05, 4.69) is 29.2 Å². The summed E-state index contributed by atoms with van der Waals surface area (Å²) < 4.78 is 1.77. The van der Waals surface area contributed by atoms with Gasteiger partial charge in [-0.3, -0.25) is 9.69 Å². The van der Waals surface area contributed by atoms with Crippen LogP contribution < -0.4 is 5.73 Å². The summed E-state index contributed by atoms with van der Waals surface area (Å²) in [6.07, 6.45) is 3.88. The van der Waals surface area contributed by atoms with Crippen molar-refractivity contribution in [3.8, 4) is 5.69 Å². The second-order valence-corrected chi connectivity index (χ2v) is 7.13. The van der Waals surface area contributed by atoms with Crippen LogP contribution in [0.25, 0.3) is 5.69 Å². The molecule has 1 fully saturated rings. The number of nitrogens with zero attached hydrogens (tertiary/aromatic N) is 3. The van der Waals surface area contributed by atoms with Crippen LogP contribution in [-0.4, -0.2) is 33.7 Å². The number of benzene rings is 2. The first-order valence-electron chi connectivity index (χ1n) is 9.42. The number of piperidine rings is 1. The normalized spacial score (nSPS) is 17.7. The third-order valence-corrected chi connectivity index (χ3v) is 5.17. The maximum atomic E-state index is 12.0. The first-order chi connectivity index (χ1) is 13.2. The lowest BCUT2D eigenvalue weighted by Gasteiger charge is -2.32. The number of aromatic nitrogens is 2. The molecule has 0 spiro atoms. The molecule has 0 bridgehead atoms. The van der Waals surface area contributed by atoms with Crippen molar-refractivity contribution in [2.24, 2.45) is 5.73 Å². The molecule has 138 valence electrons. The van der Waals surface area contributed by atoms with Crippen LogP contribution in [0.5, 0.6) is 0 Å². The molecule has 1 aliphatic rings. The molecule has 2 N–H and O–H groups in total. The van der Waals surface area contributed by atoms with Crippen LogP contribution in [0.1, 0.15) is 40.4 Å². The number of nitrogens with two attached hydrogens (primary N) is 1. The zero-order valence-corrected chi connectivity index (χ0v) is 15.3.